The van der Waals surface area contributed by atoms with E-state index in [0.29, 0.717) is 6.04 Å². The number of aromatic nitrogens is 2. The molecule has 1 aromatic heterocycles. The minimum absolute atomic E-state index is 0.401. The van der Waals surface area contributed by atoms with E-state index < -0.39 is 0 Å². The van der Waals surface area contributed by atoms with Gasteiger partial charge in [-0.3, -0.25) is 4.68 Å². The zero-order valence-electron chi connectivity index (χ0n) is 11.2. The van der Waals surface area contributed by atoms with Crippen LogP contribution in [0.15, 0.2) is 36.5 Å². The molecule has 4 heteroatoms. The first-order valence-corrected chi connectivity index (χ1v) is 6.76. The van der Waals surface area contributed by atoms with Gasteiger partial charge in [0.05, 0.1) is 6.61 Å². The number of nitrogens with one attached hydrogen (secondary N) is 1. The van der Waals surface area contributed by atoms with Crippen LogP contribution >= 0.6 is 0 Å². The lowest BCUT2D eigenvalue weighted by Gasteiger charge is -2.26. The molecule has 0 bridgehead atoms. The van der Waals surface area contributed by atoms with Crippen LogP contribution in [0.1, 0.15) is 23.7 Å². The number of ether oxygens (including phenoxy) is 1. The summed E-state index contributed by atoms with van der Waals surface area (Å²) in [7, 11) is 1.99. The van der Waals surface area contributed by atoms with Gasteiger partial charge in [0.2, 0.25) is 0 Å². The summed E-state index contributed by atoms with van der Waals surface area (Å²) in [4.78, 5) is 0. The normalized spacial score (nSPS) is 17.8. The van der Waals surface area contributed by atoms with Gasteiger partial charge in [0.25, 0.3) is 0 Å². The molecule has 2 heterocycles. The fraction of sp³-hybridized carbons (Fsp3) is 0.400. The maximum absolute atomic E-state index is 5.67. The summed E-state index contributed by atoms with van der Waals surface area (Å²) in [6.07, 6.45) is 3.87. The topological polar surface area (TPSA) is 39.1 Å². The number of benzene rings is 1. The average Bonchev–Trinajstić information content (AvgIpc) is 2.85. The minimum Gasteiger partial charge on any atom is -0.493 e. The fourth-order valence-corrected chi connectivity index (χ4v) is 2.58. The quantitative estimate of drug-likeness (QED) is 0.911. The molecule has 4 nitrogen and oxygen atoms in total. The predicted molar refractivity (Wildman–Crippen MR) is 74.2 cm³/mol. The molecule has 0 saturated heterocycles. The number of hydrogen-bond acceptors (Lipinski definition) is 3. The summed E-state index contributed by atoms with van der Waals surface area (Å²) in [6.45, 7) is 1.75. The van der Waals surface area contributed by atoms with Gasteiger partial charge < -0.3 is 10.1 Å². The van der Waals surface area contributed by atoms with Crippen molar-refractivity contribution in [2.75, 3.05) is 13.2 Å². The van der Waals surface area contributed by atoms with Gasteiger partial charge in [0.15, 0.2) is 0 Å². The van der Waals surface area contributed by atoms with Crippen molar-refractivity contribution >= 4 is 0 Å². The predicted octanol–water partition coefficient (Wildman–Crippen LogP) is 2.08. The first kappa shape index (κ1) is 12.2. The third-order valence-electron chi connectivity index (χ3n) is 3.65. The molecule has 1 N–H and O–H groups in total. The molecule has 3 rings (SSSR count). The first-order chi connectivity index (χ1) is 9.34. The van der Waals surface area contributed by atoms with E-state index in [4.69, 9.17) is 4.74 Å². The lowest BCUT2D eigenvalue weighted by atomic mass is 10.0. The molecular weight excluding hydrogens is 238 g/mol. The molecule has 0 radical (unpaired) electrons. The molecule has 19 heavy (non-hydrogen) atoms. The lowest BCUT2D eigenvalue weighted by Crippen LogP contribution is -2.28. The largest absolute Gasteiger partial charge is 0.493 e. The van der Waals surface area contributed by atoms with Crippen molar-refractivity contribution < 1.29 is 4.74 Å². The molecule has 0 saturated carbocycles. The van der Waals surface area contributed by atoms with Crippen LogP contribution in [0.3, 0.4) is 0 Å². The molecular formula is C15H19N3O. The molecule has 0 spiro atoms. The second-order valence-corrected chi connectivity index (χ2v) is 4.88. The number of rotatable bonds is 4. The Labute approximate surface area is 113 Å². The van der Waals surface area contributed by atoms with Crippen LogP contribution in [-0.4, -0.2) is 22.9 Å². The van der Waals surface area contributed by atoms with Gasteiger partial charge in [-0.25, -0.2) is 0 Å². The Balaban J connectivity index is 1.61. The SMILES string of the molecule is Cn1nccc1CCNC1CCOc2ccccc21. The maximum Gasteiger partial charge on any atom is 0.124 e. The average molecular weight is 257 g/mol. The Hall–Kier alpha value is -1.81. The Morgan fingerprint density at radius 2 is 2.26 bits per heavy atom. The zero-order chi connectivity index (χ0) is 13.1. The van der Waals surface area contributed by atoms with E-state index in [1.165, 1.54) is 11.3 Å². The van der Waals surface area contributed by atoms with Crippen molar-refractivity contribution in [3.05, 3.63) is 47.8 Å². The number of aryl methyl sites for hydroxylation is 1. The molecule has 1 aliphatic heterocycles. The number of hydrogen-bond donors (Lipinski definition) is 1. The van der Waals surface area contributed by atoms with Crippen molar-refractivity contribution in [1.29, 1.82) is 0 Å². The van der Waals surface area contributed by atoms with Gasteiger partial charge in [-0.1, -0.05) is 18.2 Å². The summed E-state index contributed by atoms with van der Waals surface area (Å²) in [5.41, 5.74) is 2.53. The molecule has 1 unspecified atom stereocenters. The highest BCUT2D eigenvalue weighted by Gasteiger charge is 2.20. The molecule has 1 aromatic carbocycles. The summed E-state index contributed by atoms with van der Waals surface area (Å²) < 4.78 is 7.60. The van der Waals surface area contributed by atoms with Crippen LogP contribution in [0.5, 0.6) is 5.75 Å². The van der Waals surface area contributed by atoms with E-state index in [0.717, 1.165) is 31.7 Å². The van der Waals surface area contributed by atoms with Gasteiger partial charge in [-0.05, 0) is 12.1 Å². The number of fused-ring (bicyclic) bond motifs is 1. The van der Waals surface area contributed by atoms with E-state index in [1.54, 1.807) is 0 Å². The van der Waals surface area contributed by atoms with Crippen molar-refractivity contribution in [1.82, 2.24) is 15.1 Å². The van der Waals surface area contributed by atoms with E-state index in [9.17, 15) is 0 Å². The van der Waals surface area contributed by atoms with E-state index in [-0.39, 0.29) is 0 Å². The van der Waals surface area contributed by atoms with Gasteiger partial charge in [-0.15, -0.1) is 0 Å². The Bertz CT molecular complexity index is 550. The highest BCUT2D eigenvalue weighted by Crippen LogP contribution is 2.31. The standard InChI is InChI=1S/C15H19N3O/c1-18-12(7-10-17-18)6-9-16-14-8-11-19-15-5-3-2-4-13(14)15/h2-5,7,10,14,16H,6,8-9,11H2,1H3. The highest BCUT2D eigenvalue weighted by atomic mass is 16.5. The molecule has 2 aromatic rings. The van der Waals surface area contributed by atoms with Gasteiger partial charge in [0.1, 0.15) is 5.75 Å². The van der Waals surface area contributed by atoms with Crippen LogP contribution in [0.4, 0.5) is 0 Å². The van der Waals surface area contributed by atoms with E-state index in [1.807, 2.05) is 30.1 Å². The Morgan fingerprint density at radius 3 is 3.11 bits per heavy atom. The third-order valence-corrected chi connectivity index (χ3v) is 3.65. The fourth-order valence-electron chi connectivity index (χ4n) is 2.58. The molecule has 0 amide bonds. The van der Waals surface area contributed by atoms with Crippen LogP contribution < -0.4 is 10.1 Å². The lowest BCUT2D eigenvalue weighted by molar-refractivity contribution is 0.253. The molecule has 0 aliphatic carbocycles. The summed E-state index contributed by atoms with van der Waals surface area (Å²) in [6, 6.07) is 10.8. The van der Waals surface area contributed by atoms with Crippen molar-refractivity contribution in [2.45, 2.75) is 18.9 Å². The summed E-state index contributed by atoms with van der Waals surface area (Å²) in [5.74, 6) is 1.02. The van der Waals surface area contributed by atoms with Crippen LogP contribution in [-0.2, 0) is 13.5 Å². The van der Waals surface area contributed by atoms with E-state index >= 15 is 0 Å². The Kier molecular flexibility index (Phi) is 3.51. The van der Waals surface area contributed by atoms with E-state index in [2.05, 4.69) is 28.6 Å². The molecule has 100 valence electrons. The van der Waals surface area contributed by atoms with Crippen molar-refractivity contribution in [3.63, 3.8) is 0 Å². The number of para-hydroxylation sites is 1. The monoisotopic (exact) mass is 257 g/mol. The van der Waals surface area contributed by atoms with Gasteiger partial charge >= 0.3 is 0 Å². The molecule has 0 fully saturated rings. The van der Waals surface area contributed by atoms with Crippen molar-refractivity contribution in [2.24, 2.45) is 7.05 Å². The first-order valence-electron chi connectivity index (χ1n) is 6.76. The molecule has 1 atom stereocenters. The third kappa shape index (κ3) is 2.63. The Morgan fingerprint density at radius 1 is 1.37 bits per heavy atom. The van der Waals surface area contributed by atoms with Crippen molar-refractivity contribution in [3.8, 4) is 5.75 Å². The highest BCUT2D eigenvalue weighted by molar-refractivity contribution is 5.37. The summed E-state index contributed by atoms with van der Waals surface area (Å²) >= 11 is 0. The molecule has 1 aliphatic rings. The zero-order valence-corrected chi connectivity index (χ0v) is 11.2. The second kappa shape index (κ2) is 5.45. The summed E-state index contributed by atoms with van der Waals surface area (Å²) in [5, 5.41) is 7.81. The van der Waals surface area contributed by atoms with Gasteiger partial charge in [-0.2, -0.15) is 5.10 Å². The van der Waals surface area contributed by atoms with Crippen LogP contribution in [0, 0.1) is 0 Å². The maximum atomic E-state index is 5.67. The van der Waals surface area contributed by atoms with Crippen LogP contribution in [0.2, 0.25) is 0 Å². The minimum atomic E-state index is 0.401. The number of nitrogens with zero attached hydrogens (tertiary/aromatic N) is 2. The second-order valence-electron chi connectivity index (χ2n) is 4.88. The van der Waals surface area contributed by atoms with Gasteiger partial charge in [0, 0.05) is 49.9 Å². The smallest absolute Gasteiger partial charge is 0.124 e. The van der Waals surface area contributed by atoms with Crippen LogP contribution in [0.25, 0.3) is 0 Å².